The fraction of sp³-hybridized carbons (Fsp3) is 0.286. The summed E-state index contributed by atoms with van der Waals surface area (Å²) in [5, 5.41) is 5.63. The van der Waals surface area contributed by atoms with Gasteiger partial charge in [-0.2, -0.15) is 0 Å². The average molecular weight is 291 g/mol. The number of nitrogens with two attached hydrogens (primary N) is 1. The van der Waals surface area contributed by atoms with Crippen LogP contribution in [0.1, 0.15) is 16.6 Å². The fourth-order valence-electron chi connectivity index (χ4n) is 1.81. The van der Waals surface area contributed by atoms with Crippen LogP contribution in [0, 0.1) is 0 Å². The zero-order chi connectivity index (χ0) is 14.4. The van der Waals surface area contributed by atoms with Crippen molar-refractivity contribution < 1.29 is 9.53 Å². The predicted octanol–water partition coefficient (Wildman–Crippen LogP) is 1.32. The minimum atomic E-state index is -0.689. The molecule has 1 heterocycles. The fourth-order valence-corrected chi connectivity index (χ4v) is 2.53. The molecule has 0 bridgehead atoms. The number of carbonyl (C=O) groups excluding carboxylic acids is 1. The van der Waals surface area contributed by atoms with E-state index in [-0.39, 0.29) is 18.6 Å². The molecule has 2 atom stereocenters. The van der Waals surface area contributed by atoms with Crippen LogP contribution in [0.15, 0.2) is 41.9 Å². The summed E-state index contributed by atoms with van der Waals surface area (Å²) in [6.07, 6.45) is 1.72. The maximum absolute atomic E-state index is 12.1. The van der Waals surface area contributed by atoms with Crippen LogP contribution >= 0.6 is 11.3 Å². The number of hydrogen-bond donors (Lipinski definition) is 2. The second kappa shape index (κ2) is 7.14. The van der Waals surface area contributed by atoms with Crippen molar-refractivity contribution in [2.45, 2.75) is 12.1 Å². The van der Waals surface area contributed by atoms with E-state index in [2.05, 4.69) is 10.3 Å². The Balaban J connectivity index is 2.18. The van der Waals surface area contributed by atoms with E-state index in [1.165, 1.54) is 18.4 Å². The zero-order valence-electron chi connectivity index (χ0n) is 11.2. The maximum atomic E-state index is 12.1. The first-order valence-corrected chi connectivity index (χ1v) is 7.09. The minimum Gasteiger partial charge on any atom is -0.383 e. The van der Waals surface area contributed by atoms with Crippen molar-refractivity contribution in [3.8, 4) is 0 Å². The molecule has 1 amide bonds. The van der Waals surface area contributed by atoms with E-state index < -0.39 is 6.04 Å². The lowest BCUT2D eigenvalue weighted by atomic mass is 10.1. The van der Waals surface area contributed by atoms with Gasteiger partial charge in [-0.05, 0) is 5.56 Å². The second-order valence-corrected chi connectivity index (χ2v) is 5.21. The molecule has 0 fully saturated rings. The zero-order valence-corrected chi connectivity index (χ0v) is 12.0. The largest absolute Gasteiger partial charge is 0.383 e. The van der Waals surface area contributed by atoms with Gasteiger partial charge in [-0.1, -0.05) is 30.3 Å². The van der Waals surface area contributed by atoms with E-state index in [4.69, 9.17) is 10.5 Å². The van der Waals surface area contributed by atoms with Gasteiger partial charge in [-0.15, -0.1) is 11.3 Å². The van der Waals surface area contributed by atoms with Crippen molar-refractivity contribution in [1.82, 2.24) is 10.3 Å². The Morgan fingerprint density at radius 3 is 2.80 bits per heavy atom. The van der Waals surface area contributed by atoms with Crippen LogP contribution in [0.4, 0.5) is 0 Å². The van der Waals surface area contributed by atoms with Gasteiger partial charge in [0.15, 0.2) is 0 Å². The number of carbonyl (C=O) groups is 1. The number of rotatable bonds is 6. The van der Waals surface area contributed by atoms with Gasteiger partial charge in [0.25, 0.3) is 0 Å². The SMILES string of the molecule is COCC(N)C(=O)NC(c1ccccc1)c1nccs1. The van der Waals surface area contributed by atoms with Gasteiger partial charge in [0.1, 0.15) is 17.1 Å². The molecule has 0 aliphatic carbocycles. The molecule has 1 aromatic carbocycles. The highest BCUT2D eigenvalue weighted by Gasteiger charge is 2.22. The molecule has 2 unspecified atom stereocenters. The molecule has 0 aliphatic rings. The lowest BCUT2D eigenvalue weighted by Gasteiger charge is -2.19. The summed E-state index contributed by atoms with van der Waals surface area (Å²) >= 11 is 1.50. The third kappa shape index (κ3) is 3.63. The van der Waals surface area contributed by atoms with Crippen molar-refractivity contribution in [1.29, 1.82) is 0 Å². The lowest BCUT2D eigenvalue weighted by molar-refractivity contribution is -0.123. The minimum absolute atomic E-state index is 0.186. The third-order valence-corrected chi connectivity index (χ3v) is 3.64. The van der Waals surface area contributed by atoms with Crippen LogP contribution in [-0.4, -0.2) is 30.6 Å². The van der Waals surface area contributed by atoms with Gasteiger partial charge in [-0.3, -0.25) is 4.79 Å². The summed E-state index contributed by atoms with van der Waals surface area (Å²) in [4.78, 5) is 16.4. The van der Waals surface area contributed by atoms with Gasteiger partial charge in [0, 0.05) is 18.7 Å². The van der Waals surface area contributed by atoms with Crippen molar-refractivity contribution >= 4 is 17.2 Å². The lowest BCUT2D eigenvalue weighted by Crippen LogP contribution is -2.45. The predicted molar refractivity (Wildman–Crippen MR) is 78.4 cm³/mol. The van der Waals surface area contributed by atoms with Crippen molar-refractivity contribution in [3.63, 3.8) is 0 Å². The number of nitrogens with one attached hydrogen (secondary N) is 1. The quantitative estimate of drug-likeness (QED) is 0.841. The molecular weight excluding hydrogens is 274 g/mol. The Morgan fingerprint density at radius 1 is 1.45 bits per heavy atom. The van der Waals surface area contributed by atoms with Gasteiger partial charge < -0.3 is 15.8 Å². The van der Waals surface area contributed by atoms with E-state index in [1.54, 1.807) is 6.20 Å². The molecule has 20 heavy (non-hydrogen) atoms. The average Bonchev–Trinajstić information content (AvgIpc) is 2.99. The van der Waals surface area contributed by atoms with Crippen LogP contribution in [-0.2, 0) is 9.53 Å². The van der Waals surface area contributed by atoms with Crippen LogP contribution in [0.25, 0.3) is 0 Å². The number of methoxy groups -OCH3 is 1. The van der Waals surface area contributed by atoms with Crippen LogP contribution in [0.5, 0.6) is 0 Å². The molecule has 5 nitrogen and oxygen atoms in total. The summed E-state index contributed by atoms with van der Waals surface area (Å²) in [6.45, 7) is 0.186. The van der Waals surface area contributed by atoms with Crippen LogP contribution in [0.3, 0.4) is 0 Å². The summed E-state index contributed by atoms with van der Waals surface area (Å²) in [7, 11) is 1.52. The second-order valence-electron chi connectivity index (χ2n) is 4.28. The summed E-state index contributed by atoms with van der Waals surface area (Å²) in [5.41, 5.74) is 6.73. The number of thiazole rings is 1. The molecule has 0 spiro atoms. The Labute approximate surface area is 121 Å². The molecular formula is C14H17N3O2S. The molecule has 106 valence electrons. The number of aromatic nitrogens is 1. The van der Waals surface area contributed by atoms with E-state index in [0.29, 0.717) is 0 Å². The molecule has 3 N–H and O–H groups in total. The molecule has 2 aromatic rings. The van der Waals surface area contributed by atoms with Crippen molar-refractivity contribution in [3.05, 3.63) is 52.5 Å². The van der Waals surface area contributed by atoms with Crippen LogP contribution < -0.4 is 11.1 Å². The topological polar surface area (TPSA) is 77.2 Å². The highest BCUT2D eigenvalue weighted by atomic mass is 32.1. The van der Waals surface area contributed by atoms with Crippen molar-refractivity contribution in [2.75, 3.05) is 13.7 Å². The molecule has 0 saturated carbocycles. The van der Waals surface area contributed by atoms with Gasteiger partial charge >= 0.3 is 0 Å². The first-order valence-electron chi connectivity index (χ1n) is 6.21. The van der Waals surface area contributed by atoms with E-state index in [9.17, 15) is 4.79 Å². The number of nitrogens with zero attached hydrogens (tertiary/aromatic N) is 1. The monoisotopic (exact) mass is 291 g/mol. The summed E-state index contributed by atoms with van der Waals surface area (Å²) < 4.78 is 4.90. The molecule has 0 aliphatic heterocycles. The van der Waals surface area contributed by atoms with Crippen molar-refractivity contribution in [2.24, 2.45) is 5.73 Å². The Hall–Kier alpha value is -1.76. The van der Waals surface area contributed by atoms with Crippen LogP contribution in [0.2, 0.25) is 0 Å². The van der Waals surface area contributed by atoms with Gasteiger partial charge in [0.05, 0.1) is 6.61 Å². The molecule has 0 saturated heterocycles. The number of amides is 1. The third-order valence-electron chi connectivity index (χ3n) is 2.80. The molecule has 2 rings (SSSR count). The normalized spacial score (nSPS) is 13.7. The smallest absolute Gasteiger partial charge is 0.240 e. The Kier molecular flexibility index (Phi) is 5.23. The van der Waals surface area contributed by atoms with Gasteiger partial charge in [0.2, 0.25) is 5.91 Å². The molecule has 1 aromatic heterocycles. The highest BCUT2D eigenvalue weighted by Crippen LogP contribution is 2.23. The molecule has 6 heteroatoms. The number of hydrogen-bond acceptors (Lipinski definition) is 5. The summed E-state index contributed by atoms with van der Waals surface area (Å²) in [6, 6.07) is 8.72. The summed E-state index contributed by atoms with van der Waals surface area (Å²) in [5.74, 6) is -0.254. The number of benzene rings is 1. The standard InChI is InChI=1S/C14H17N3O2S/c1-19-9-11(15)13(18)17-12(14-16-7-8-20-14)10-5-3-2-4-6-10/h2-8,11-12H,9,15H2,1H3,(H,17,18). The van der Waals surface area contributed by atoms with E-state index in [0.717, 1.165) is 10.6 Å². The maximum Gasteiger partial charge on any atom is 0.240 e. The Bertz CT molecular complexity index is 531. The van der Waals surface area contributed by atoms with E-state index >= 15 is 0 Å². The highest BCUT2D eigenvalue weighted by molar-refractivity contribution is 7.09. The first kappa shape index (κ1) is 14.6. The Morgan fingerprint density at radius 2 is 2.20 bits per heavy atom. The van der Waals surface area contributed by atoms with E-state index in [1.807, 2.05) is 35.7 Å². The number of ether oxygens (including phenoxy) is 1. The van der Waals surface area contributed by atoms with Gasteiger partial charge in [-0.25, -0.2) is 4.98 Å². The molecule has 0 radical (unpaired) electrons. The first-order chi connectivity index (χ1) is 9.72.